The van der Waals surface area contributed by atoms with E-state index in [-0.39, 0.29) is 28.2 Å². The van der Waals surface area contributed by atoms with E-state index in [0.717, 1.165) is 11.8 Å². The van der Waals surface area contributed by atoms with E-state index >= 15 is 0 Å². The maximum Gasteiger partial charge on any atom is 0.255 e. The van der Waals surface area contributed by atoms with Gasteiger partial charge in [-0.1, -0.05) is 71.7 Å². The van der Waals surface area contributed by atoms with Crippen molar-refractivity contribution in [2.24, 2.45) is 0 Å². The highest BCUT2D eigenvalue weighted by molar-refractivity contribution is 7.92. The second kappa shape index (κ2) is 11.7. The number of nitrogens with one attached hydrogen (secondary N) is 1. The number of anilines is 2. The summed E-state index contributed by atoms with van der Waals surface area (Å²) in [5.41, 5.74) is 3.09. The maximum atomic E-state index is 12.7. The van der Waals surface area contributed by atoms with E-state index in [2.05, 4.69) is 5.32 Å². The molecule has 0 saturated carbocycles. The number of benzene rings is 4. The molecule has 37 heavy (non-hydrogen) atoms. The predicted molar refractivity (Wildman–Crippen MR) is 149 cm³/mol. The first-order valence-corrected chi connectivity index (χ1v) is 13.9. The van der Waals surface area contributed by atoms with Gasteiger partial charge in [-0.25, -0.2) is 8.42 Å². The van der Waals surface area contributed by atoms with E-state index in [1.165, 1.54) is 4.31 Å². The van der Waals surface area contributed by atoms with Gasteiger partial charge >= 0.3 is 0 Å². The molecule has 0 saturated heterocycles. The van der Waals surface area contributed by atoms with Crippen molar-refractivity contribution in [3.63, 3.8) is 0 Å². The van der Waals surface area contributed by atoms with E-state index in [4.69, 9.17) is 27.9 Å². The lowest BCUT2D eigenvalue weighted by atomic mass is 10.1. The molecule has 0 bridgehead atoms. The molecule has 1 N–H and O–H groups in total. The third-order valence-electron chi connectivity index (χ3n) is 5.50. The molecule has 0 heterocycles. The van der Waals surface area contributed by atoms with Crippen molar-refractivity contribution in [3.05, 3.63) is 124 Å². The topological polar surface area (TPSA) is 75.7 Å². The summed E-state index contributed by atoms with van der Waals surface area (Å²) >= 11 is 12.3. The van der Waals surface area contributed by atoms with Gasteiger partial charge in [0.1, 0.15) is 12.4 Å². The fraction of sp³-hybridized carbons (Fsp3) is 0.107. The van der Waals surface area contributed by atoms with E-state index in [9.17, 15) is 13.2 Å². The average molecular weight is 555 g/mol. The van der Waals surface area contributed by atoms with Crippen LogP contribution in [0.25, 0.3) is 0 Å². The molecule has 0 aliphatic carbocycles. The number of ether oxygens (including phenoxy) is 1. The lowest BCUT2D eigenvalue weighted by Gasteiger charge is -2.24. The molecule has 6 nitrogen and oxygen atoms in total. The summed E-state index contributed by atoms with van der Waals surface area (Å²) in [7, 11) is -3.65. The van der Waals surface area contributed by atoms with Gasteiger partial charge in [0.15, 0.2) is 0 Å². The lowest BCUT2D eigenvalue weighted by Crippen LogP contribution is -2.29. The number of hydrogen-bond acceptors (Lipinski definition) is 4. The monoisotopic (exact) mass is 554 g/mol. The molecule has 4 aromatic rings. The smallest absolute Gasteiger partial charge is 0.255 e. The highest BCUT2D eigenvalue weighted by Crippen LogP contribution is 2.34. The Morgan fingerprint density at radius 1 is 0.838 bits per heavy atom. The van der Waals surface area contributed by atoms with Gasteiger partial charge in [0, 0.05) is 11.3 Å². The first-order valence-electron chi connectivity index (χ1n) is 11.3. The Labute approximate surface area is 226 Å². The molecular formula is C28H24Cl2N2O4S. The van der Waals surface area contributed by atoms with Crippen LogP contribution in [0.4, 0.5) is 11.4 Å². The van der Waals surface area contributed by atoms with Crippen LogP contribution in [-0.4, -0.2) is 20.6 Å². The molecule has 0 radical (unpaired) electrons. The van der Waals surface area contributed by atoms with Crippen LogP contribution in [0.15, 0.2) is 97.1 Å². The number of hydrogen-bond donors (Lipinski definition) is 1. The first kappa shape index (κ1) is 26.5. The van der Waals surface area contributed by atoms with Gasteiger partial charge in [0.05, 0.1) is 28.5 Å². The van der Waals surface area contributed by atoms with Crippen molar-refractivity contribution >= 4 is 50.5 Å². The number of carbonyl (C=O) groups excluding carboxylic acids is 1. The Hall–Kier alpha value is -3.52. The fourth-order valence-electron chi connectivity index (χ4n) is 3.57. The minimum atomic E-state index is -3.65. The van der Waals surface area contributed by atoms with E-state index < -0.39 is 10.0 Å². The molecule has 0 aliphatic heterocycles. The van der Waals surface area contributed by atoms with Gasteiger partial charge in [-0.3, -0.25) is 9.10 Å². The first-order chi connectivity index (χ1) is 17.7. The molecular weight excluding hydrogens is 531 g/mol. The van der Waals surface area contributed by atoms with Crippen LogP contribution < -0.4 is 14.4 Å². The van der Waals surface area contributed by atoms with Gasteiger partial charge in [-0.2, -0.15) is 0 Å². The second-order valence-electron chi connectivity index (χ2n) is 8.29. The molecule has 1 amide bonds. The maximum absolute atomic E-state index is 12.7. The van der Waals surface area contributed by atoms with Crippen LogP contribution in [-0.2, 0) is 23.2 Å². The third kappa shape index (κ3) is 7.04. The Bertz CT molecular complexity index is 1480. The van der Waals surface area contributed by atoms with Gasteiger partial charge in [-0.15, -0.1) is 0 Å². The van der Waals surface area contributed by atoms with Crippen molar-refractivity contribution in [2.45, 2.75) is 13.2 Å². The minimum Gasteiger partial charge on any atom is -0.489 e. The summed E-state index contributed by atoms with van der Waals surface area (Å²) in [5.74, 6) is 0.406. The third-order valence-corrected chi connectivity index (χ3v) is 7.44. The largest absolute Gasteiger partial charge is 0.489 e. The van der Waals surface area contributed by atoms with Crippen molar-refractivity contribution in [1.82, 2.24) is 0 Å². The highest BCUT2D eigenvalue weighted by atomic mass is 35.5. The van der Waals surface area contributed by atoms with Crippen LogP contribution in [0.5, 0.6) is 5.75 Å². The highest BCUT2D eigenvalue weighted by Gasteiger charge is 2.21. The number of amides is 1. The summed E-state index contributed by atoms with van der Waals surface area (Å²) in [6.45, 7) is 0.490. The molecule has 4 rings (SSSR count). The van der Waals surface area contributed by atoms with Crippen LogP contribution >= 0.6 is 23.2 Å². The number of sulfonamides is 1. The van der Waals surface area contributed by atoms with Gasteiger partial charge in [-0.05, 0) is 59.7 Å². The van der Waals surface area contributed by atoms with Crippen molar-refractivity contribution in [1.29, 1.82) is 0 Å². The minimum absolute atomic E-state index is 0.0330. The quantitative estimate of drug-likeness (QED) is 0.247. The molecule has 4 aromatic carbocycles. The molecule has 0 fully saturated rings. The van der Waals surface area contributed by atoms with Crippen molar-refractivity contribution in [2.75, 3.05) is 15.9 Å². The zero-order valence-corrected chi connectivity index (χ0v) is 22.2. The summed E-state index contributed by atoms with van der Waals surface area (Å²) in [5, 5.41) is 3.26. The lowest BCUT2D eigenvalue weighted by molar-refractivity contribution is 0.102. The Kier molecular flexibility index (Phi) is 8.38. The Morgan fingerprint density at radius 3 is 2.16 bits per heavy atom. The van der Waals surface area contributed by atoms with Gasteiger partial charge < -0.3 is 10.1 Å². The summed E-state index contributed by atoms with van der Waals surface area (Å²) in [6.07, 6.45) is 1.10. The zero-order valence-electron chi connectivity index (χ0n) is 19.9. The predicted octanol–water partition coefficient (Wildman–Crippen LogP) is 6.79. The van der Waals surface area contributed by atoms with Crippen molar-refractivity contribution in [3.8, 4) is 5.75 Å². The molecule has 190 valence electrons. The van der Waals surface area contributed by atoms with Crippen molar-refractivity contribution < 1.29 is 17.9 Å². The fourth-order valence-corrected chi connectivity index (χ4v) is 4.91. The Morgan fingerprint density at radius 2 is 1.51 bits per heavy atom. The van der Waals surface area contributed by atoms with E-state index in [1.807, 2.05) is 30.3 Å². The molecule has 9 heteroatoms. The number of halogens is 2. The van der Waals surface area contributed by atoms with E-state index in [1.54, 1.807) is 66.7 Å². The van der Waals surface area contributed by atoms with Crippen LogP contribution in [0.3, 0.4) is 0 Å². The number of rotatable bonds is 9. The molecule has 0 aromatic heterocycles. The van der Waals surface area contributed by atoms with Gasteiger partial charge in [0.2, 0.25) is 10.0 Å². The van der Waals surface area contributed by atoms with Crippen LogP contribution in [0.1, 0.15) is 21.5 Å². The zero-order chi connectivity index (χ0) is 26.4. The summed E-state index contributed by atoms with van der Waals surface area (Å²) in [4.78, 5) is 12.7. The molecule has 0 unspecified atom stereocenters. The Balaban J connectivity index is 1.39. The second-order valence-corrected chi connectivity index (χ2v) is 11.0. The SMILES string of the molecule is CS(=O)(=O)N(Cc1ccc(C(=O)Nc2ccc(OCc3ccccc3)cc2)cc1)c1cccc(Cl)c1Cl. The average Bonchev–Trinajstić information content (AvgIpc) is 2.89. The molecule has 0 aliphatic rings. The number of carbonyl (C=O) groups is 1. The van der Waals surface area contributed by atoms with E-state index in [0.29, 0.717) is 29.2 Å². The summed E-state index contributed by atoms with van der Waals surface area (Å²) in [6, 6.07) is 28.5. The summed E-state index contributed by atoms with van der Waals surface area (Å²) < 4.78 is 31.9. The normalized spacial score (nSPS) is 11.1. The van der Waals surface area contributed by atoms with Gasteiger partial charge in [0.25, 0.3) is 5.91 Å². The molecule has 0 atom stereocenters. The standard InChI is InChI=1S/C28H24Cl2N2O4S/c1-37(34,35)32(26-9-5-8-25(29)27(26)30)18-20-10-12-22(13-11-20)28(33)31-23-14-16-24(17-15-23)36-19-21-6-3-2-4-7-21/h2-17H,18-19H2,1H3,(H,31,33). The van der Waals surface area contributed by atoms with Crippen LogP contribution in [0.2, 0.25) is 10.0 Å². The van der Waals surface area contributed by atoms with Crippen LogP contribution in [0, 0.1) is 0 Å². The molecule has 0 spiro atoms. The number of nitrogens with zero attached hydrogens (tertiary/aromatic N) is 1.